The van der Waals surface area contributed by atoms with Gasteiger partial charge >= 0.3 is 12.2 Å². The van der Waals surface area contributed by atoms with Gasteiger partial charge in [0.1, 0.15) is 30.0 Å². The zero-order valence-electron chi connectivity index (χ0n) is 36.8. The summed E-state index contributed by atoms with van der Waals surface area (Å²) < 4.78 is 18.8. The number of carbonyl (C=O) groups excluding carboxylic acids is 5. The molecule has 0 aromatic heterocycles. The molecular formula is C47H58FN7O8. The summed E-state index contributed by atoms with van der Waals surface area (Å²) in [6.07, 6.45) is -0.315. The van der Waals surface area contributed by atoms with Crippen molar-refractivity contribution in [3.63, 3.8) is 0 Å². The molecule has 2 aliphatic carbocycles. The fourth-order valence-corrected chi connectivity index (χ4v) is 9.14. The minimum absolute atomic E-state index is 0.0248. The van der Waals surface area contributed by atoms with E-state index in [0.717, 1.165) is 29.7 Å². The molecule has 4 aliphatic rings. The highest BCUT2D eigenvalue weighted by molar-refractivity contribution is 6.00. The molecule has 0 radical (unpaired) electrons. The number of halogens is 1. The second-order valence-corrected chi connectivity index (χ2v) is 19.6. The lowest BCUT2D eigenvalue weighted by molar-refractivity contribution is -0.141. The standard InChI is InChI=1S/C47H58FN7O8/c1-46(2,3)38(51-44(60)61)42(58)54-24-28-20-34(28)36(54)40(56)49-31-14-8-26(9-15-31)22-53(33-18-12-30(48)13-19-33)23-27-10-16-32(17-11-27)50-41(57)37-35-21-29(35)25-55(37)43(59)39(47(4,5)6)52-45(62)63-7/h8-19,28-29,34-39,51H,20-25H2,1-7H3,(H,49,56)(H,50,57)(H,52,62)(H,60,61)/t28-,29-,34-,35-,36-,37-,38+,39+/m0/s1. The Kier molecular flexibility index (Phi) is 12.5. The monoisotopic (exact) mass is 867 g/mol. The fourth-order valence-electron chi connectivity index (χ4n) is 9.14. The minimum Gasteiger partial charge on any atom is -0.465 e. The van der Waals surface area contributed by atoms with Gasteiger partial charge in [-0.25, -0.2) is 14.0 Å². The number of anilines is 3. The molecular weight excluding hydrogens is 810 g/mol. The Labute approximate surface area is 367 Å². The van der Waals surface area contributed by atoms with Crippen LogP contribution in [0.25, 0.3) is 0 Å². The highest BCUT2D eigenvalue weighted by Gasteiger charge is 2.59. The molecule has 2 saturated heterocycles. The van der Waals surface area contributed by atoms with Crippen molar-refractivity contribution in [2.75, 3.05) is 35.7 Å². The van der Waals surface area contributed by atoms with Crippen LogP contribution in [-0.2, 0) is 37.0 Å². The SMILES string of the molecule is COC(=O)N[C@H](C(=O)N1C[C@@H]2C[C@@H]2[C@H]1C(=O)Nc1ccc(CN(Cc2ccc(NC(=O)[C@@H]3[C@H]4C[C@H]4CN3C(=O)[C@@H](NC(=O)O)C(C)(C)C)cc2)c2ccc(F)cc2)cc1)C(C)(C)C. The Balaban J connectivity index is 0.997. The maximum Gasteiger partial charge on any atom is 0.407 e. The minimum atomic E-state index is -1.30. The van der Waals surface area contributed by atoms with Crippen LogP contribution < -0.4 is 26.2 Å². The maximum absolute atomic E-state index is 14.0. The molecule has 6 amide bonds. The van der Waals surface area contributed by atoms with Gasteiger partial charge in [0.25, 0.3) is 0 Å². The number of alkyl carbamates (subject to hydrolysis) is 1. The van der Waals surface area contributed by atoms with Gasteiger partial charge < -0.3 is 45.8 Å². The van der Waals surface area contributed by atoms with Gasteiger partial charge in [0.2, 0.25) is 23.6 Å². The third-order valence-corrected chi connectivity index (χ3v) is 12.7. The van der Waals surface area contributed by atoms with Crippen LogP contribution in [0.1, 0.15) is 65.5 Å². The van der Waals surface area contributed by atoms with E-state index in [2.05, 4.69) is 26.2 Å². The van der Waals surface area contributed by atoms with Crippen LogP contribution in [0.3, 0.4) is 0 Å². The number of hydrogen-bond donors (Lipinski definition) is 5. The van der Waals surface area contributed by atoms with E-state index in [0.29, 0.717) is 37.6 Å². The van der Waals surface area contributed by atoms with E-state index in [1.54, 1.807) is 49.9 Å². The van der Waals surface area contributed by atoms with Crippen LogP contribution in [-0.4, -0.2) is 95.1 Å². The molecule has 2 saturated carbocycles. The Morgan fingerprint density at radius 1 is 0.683 bits per heavy atom. The van der Waals surface area contributed by atoms with Crippen molar-refractivity contribution in [1.82, 2.24) is 20.4 Å². The normalized spacial score (nSPS) is 23.0. The molecule has 16 heteroatoms. The first-order valence-electron chi connectivity index (χ1n) is 21.5. The van der Waals surface area contributed by atoms with Gasteiger partial charge in [-0.1, -0.05) is 65.8 Å². The van der Waals surface area contributed by atoms with Crippen molar-refractivity contribution in [3.05, 3.63) is 89.7 Å². The number of hydrogen-bond acceptors (Lipinski definition) is 8. The first kappa shape index (κ1) is 44.9. The number of methoxy groups -OCH3 is 1. The van der Waals surface area contributed by atoms with Crippen molar-refractivity contribution in [3.8, 4) is 0 Å². The van der Waals surface area contributed by atoms with Gasteiger partial charge in [0.05, 0.1) is 7.11 Å². The van der Waals surface area contributed by atoms with Gasteiger partial charge in [-0.3, -0.25) is 19.2 Å². The molecule has 0 unspecified atom stereocenters. The summed E-state index contributed by atoms with van der Waals surface area (Å²) in [4.78, 5) is 83.8. The second kappa shape index (κ2) is 17.5. The number of amides is 6. The molecule has 5 N–H and O–H groups in total. The van der Waals surface area contributed by atoms with Crippen LogP contribution in [0.4, 0.5) is 31.0 Å². The van der Waals surface area contributed by atoms with Gasteiger partial charge in [0.15, 0.2) is 0 Å². The molecule has 3 aromatic carbocycles. The van der Waals surface area contributed by atoms with Crippen molar-refractivity contribution in [1.29, 1.82) is 0 Å². The number of carbonyl (C=O) groups is 6. The molecule has 7 rings (SSSR count). The van der Waals surface area contributed by atoms with E-state index in [1.807, 2.05) is 57.2 Å². The Morgan fingerprint density at radius 3 is 1.48 bits per heavy atom. The van der Waals surface area contributed by atoms with Gasteiger partial charge in [-0.05, 0) is 107 Å². The van der Waals surface area contributed by atoms with E-state index >= 15 is 0 Å². The molecule has 0 bridgehead atoms. The summed E-state index contributed by atoms with van der Waals surface area (Å²) in [6, 6.07) is 17.8. The highest BCUT2D eigenvalue weighted by atomic mass is 19.1. The third-order valence-electron chi connectivity index (χ3n) is 12.7. The molecule has 2 aliphatic heterocycles. The first-order chi connectivity index (χ1) is 29.7. The van der Waals surface area contributed by atoms with E-state index in [4.69, 9.17) is 4.74 Å². The quantitative estimate of drug-likeness (QED) is 0.136. The molecule has 63 heavy (non-hydrogen) atoms. The summed E-state index contributed by atoms with van der Waals surface area (Å²) in [5, 5.41) is 20.4. The predicted molar refractivity (Wildman–Crippen MR) is 234 cm³/mol. The van der Waals surface area contributed by atoms with Crippen LogP contribution in [0.2, 0.25) is 0 Å². The van der Waals surface area contributed by atoms with Crippen LogP contribution in [0.5, 0.6) is 0 Å². The number of likely N-dealkylation sites (tertiary alicyclic amines) is 2. The number of carboxylic acid groups (broad SMARTS) is 1. The van der Waals surface area contributed by atoms with Crippen molar-refractivity contribution in [2.45, 2.75) is 91.6 Å². The number of benzene rings is 3. The number of fused-ring (bicyclic) bond motifs is 2. The van der Waals surface area contributed by atoms with E-state index in [1.165, 1.54) is 24.1 Å². The molecule has 8 atom stereocenters. The summed E-state index contributed by atoms with van der Waals surface area (Å²) >= 11 is 0. The number of nitrogens with zero attached hydrogens (tertiary/aromatic N) is 3. The number of rotatable bonds is 13. The Bertz CT molecular complexity index is 2220. The maximum atomic E-state index is 14.0. The Morgan fingerprint density at radius 2 is 1.10 bits per heavy atom. The van der Waals surface area contributed by atoms with Crippen LogP contribution in [0, 0.1) is 40.3 Å². The Hall–Kier alpha value is -6.19. The molecule has 15 nitrogen and oxygen atoms in total. The lowest BCUT2D eigenvalue weighted by Gasteiger charge is -2.36. The van der Waals surface area contributed by atoms with Crippen molar-refractivity contribution >= 4 is 52.9 Å². The predicted octanol–water partition coefficient (Wildman–Crippen LogP) is 6.06. The number of piperidine rings is 2. The summed E-state index contributed by atoms with van der Waals surface area (Å²) in [5.74, 6) is -1.16. The molecule has 3 aromatic rings. The molecule has 336 valence electrons. The zero-order valence-corrected chi connectivity index (χ0v) is 36.8. The largest absolute Gasteiger partial charge is 0.465 e. The summed E-state index contributed by atoms with van der Waals surface area (Å²) in [5.41, 5.74) is 2.41. The average molecular weight is 868 g/mol. The number of ether oxygens (including phenoxy) is 1. The number of nitrogens with one attached hydrogen (secondary N) is 4. The van der Waals surface area contributed by atoms with Crippen LogP contribution >= 0.6 is 0 Å². The highest BCUT2D eigenvalue weighted by Crippen LogP contribution is 2.51. The second-order valence-electron chi connectivity index (χ2n) is 19.6. The lowest BCUT2D eigenvalue weighted by atomic mass is 9.85. The summed E-state index contributed by atoms with van der Waals surface area (Å²) in [6.45, 7) is 12.6. The topological polar surface area (TPSA) is 190 Å². The third kappa shape index (κ3) is 10.2. The van der Waals surface area contributed by atoms with Gasteiger partial charge in [-0.2, -0.15) is 0 Å². The van der Waals surface area contributed by atoms with Crippen LogP contribution in [0.15, 0.2) is 72.8 Å². The van der Waals surface area contributed by atoms with E-state index in [9.17, 15) is 38.3 Å². The first-order valence-corrected chi connectivity index (χ1v) is 21.5. The van der Waals surface area contributed by atoms with E-state index in [-0.39, 0.29) is 47.2 Å². The zero-order chi connectivity index (χ0) is 45.5. The fraction of sp³-hybridized carbons (Fsp3) is 0.489. The van der Waals surface area contributed by atoms with E-state index < -0.39 is 53.1 Å². The smallest absolute Gasteiger partial charge is 0.407 e. The molecule has 2 heterocycles. The molecule has 0 spiro atoms. The van der Waals surface area contributed by atoms with Gasteiger partial charge in [0, 0.05) is 43.2 Å². The average Bonchev–Trinajstić information content (AvgIpc) is 4.10. The lowest BCUT2D eigenvalue weighted by Crippen LogP contribution is -2.58. The molecule has 4 fully saturated rings. The van der Waals surface area contributed by atoms with Gasteiger partial charge in [-0.15, -0.1) is 0 Å². The van der Waals surface area contributed by atoms with Crippen molar-refractivity contribution < 1.29 is 43.0 Å². The van der Waals surface area contributed by atoms with Crippen molar-refractivity contribution in [2.24, 2.45) is 34.5 Å². The summed E-state index contributed by atoms with van der Waals surface area (Å²) in [7, 11) is 1.24.